The van der Waals surface area contributed by atoms with Gasteiger partial charge in [-0.2, -0.15) is 13.2 Å². The fraction of sp³-hybridized carbons (Fsp3) is 0.429. The van der Waals surface area contributed by atoms with E-state index in [1.54, 1.807) is 11.4 Å². The summed E-state index contributed by atoms with van der Waals surface area (Å²) in [5.41, 5.74) is -0.322. The molecule has 0 bridgehead atoms. The Morgan fingerprint density at radius 1 is 0.938 bits per heavy atom. The maximum absolute atomic E-state index is 15.4. The first-order chi connectivity index (χ1) is 22.8. The van der Waals surface area contributed by atoms with Gasteiger partial charge in [-0.3, -0.25) is 4.79 Å². The van der Waals surface area contributed by atoms with Gasteiger partial charge in [0.1, 0.15) is 18.5 Å². The van der Waals surface area contributed by atoms with E-state index < -0.39 is 64.8 Å². The Morgan fingerprint density at radius 3 is 2.38 bits per heavy atom. The smallest absolute Gasteiger partial charge is 0.407 e. The van der Waals surface area contributed by atoms with Gasteiger partial charge in [0, 0.05) is 30.1 Å². The maximum atomic E-state index is 15.4. The normalized spacial score (nSPS) is 27.3. The van der Waals surface area contributed by atoms with Gasteiger partial charge in [0.05, 0.1) is 23.2 Å². The fourth-order valence-electron chi connectivity index (χ4n) is 7.14. The minimum absolute atomic E-state index is 0.0859. The van der Waals surface area contributed by atoms with E-state index in [0.29, 0.717) is 49.0 Å². The molecule has 3 unspecified atom stereocenters. The van der Waals surface area contributed by atoms with Crippen LogP contribution in [0.1, 0.15) is 48.3 Å². The molecule has 1 saturated heterocycles. The minimum Gasteiger partial charge on any atom is -0.444 e. The molecule has 13 heteroatoms. The first-order valence-corrected chi connectivity index (χ1v) is 15.8. The van der Waals surface area contributed by atoms with E-state index >= 15 is 4.39 Å². The quantitative estimate of drug-likeness (QED) is 0.230. The number of ether oxygens (including phenoxy) is 2. The zero-order valence-electron chi connectivity index (χ0n) is 25.6. The van der Waals surface area contributed by atoms with E-state index in [1.165, 1.54) is 18.2 Å². The lowest BCUT2D eigenvalue weighted by Gasteiger charge is -2.32. The number of benzene rings is 3. The molecule has 0 radical (unpaired) electrons. The van der Waals surface area contributed by atoms with Crippen molar-refractivity contribution in [3.05, 3.63) is 101 Å². The van der Waals surface area contributed by atoms with Crippen molar-refractivity contribution in [2.24, 2.45) is 11.3 Å². The molecule has 4 aliphatic rings. The number of anilines is 1. The van der Waals surface area contributed by atoms with Crippen molar-refractivity contribution in [1.29, 1.82) is 0 Å². The van der Waals surface area contributed by atoms with Crippen LogP contribution in [0.15, 0.2) is 66.7 Å². The van der Waals surface area contributed by atoms with Gasteiger partial charge in [-0.1, -0.05) is 42.5 Å². The molecule has 5 atom stereocenters. The standard InChI is InChI=1S/C35H33F6N3O4/c36-24-7-4-8-27(44-30(45)32(11-12-32)29(20-5-2-1-3-6-20)21-9-10-25(37)26(38)13-21)23(24)14-22-15-34(22)17-43-33(19-47-34)16-28(33)48-31(46)42-18-35(39,40)41/h1-10,13,22,28-29,43H,11-12,14-19H2,(H,42,46)(H,44,45)/t22?,28-,29+,33?,34?/m0/s1. The molecule has 3 aliphatic carbocycles. The van der Waals surface area contributed by atoms with Crippen LogP contribution in [0, 0.1) is 28.8 Å². The zero-order valence-corrected chi connectivity index (χ0v) is 25.6. The fourth-order valence-corrected chi connectivity index (χ4v) is 7.14. The Hall–Kier alpha value is -4.10. The Labute approximate surface area is 272 Å². The third-order valence-corrected chi connectivity index (χ3v) is 10.2. The van der Waals surface area contributed by atoms with Gasteiger partial charge >= 0.3 is 12.3 Å². The lowest BCUT2D eigenvalue weighted by atomic mass is 9.77. The predicted octanol–water partition coefficient (Wildman–Crippen LogP) is 6.38. The number of alkyl halides is 3. The van der Waals surface area contributed by atoms with Gasteiger partial charge in [-0.25, -0.2) is 18.0 Å². The Kier molecular flexibility index (Phi) is 7.97. The van der Waals surface area contributed by atoms with Gasteiger partial charge in [0.25, 0.3) is 0 Å². The SMILES string of the molecule is O=C(NCC(F)(F)F)O[C@H]1CC12COC1(CN2)CC1Cc1c(F)cccc1NC(=O)C1([C@H](c2ccccc2)c2ccc(F)c(F)c2)CC1. The highest BCUT2D eigenvalue weighted by Crippen LogP contribution is 2.60. The summed E-state index contributed by atoms with van der Waals surface area (Å²) in [6, 6.07) is 17.3. The lowest BCUT2D eigenvalue weighted by molar-refractivity contribution is -0.124. The number of morpholine rings is 1. The third-order valence-electron chi connectivity index (χ3n) is 10.2. The molecule has 48 heavy (non-hydrogen) atoms. The van der Waals surface area contributed by atoms with Gasteiger partial charge in [-0.15, -0.1) is 0 Å². The molecule has 3 aromatic rings. The first-order valence-electron chi connectivity index (χ1n) is 15.8. The maximum Gasteiger partial charge on any atom is 0.407 e. The van der Waals surface area contributed by atoms with Crippen LogP contribution in [0.3, 0.4) is 0 Å². The molecule has 3 aromatic carbocycles. The van der Waals surface area contributed by atoms with Crippen LogP contribution >= 0.6 is 0 Å². The first kappa shape index (κ1) is 32.4. The number of hydrogen-bond acceptors (Lipinski definition) is 5. The van der Waals surface area contributed by atoms with Crippen molar-refractivity contribution in [2.75, 3.05) is 25.0 Å². The number of carbonyl (C=O) groups is 2. The van der Waals surface area contributed by atoms with Crippen LogP contribution in [0.2, 0.25) is 0 Å². The van der Waals surface area contributed by atoms with Gasteiger partial charge < -0.3 is 25.4 Å². The molecule has 3 saturated carbocycles. The molecule has 7 rings (SSSR count). The summed E-state index contributed by atoms with van der Waals surface area (Å²) in [6.45, 7) is -0.926. The number of carbonyl (C=O) groups excluding carboxylic acids is 2. The van der Waals surface area contributed by atoms with Crippen LogP contribution < -0.4 is 16.0 Å². The summed E-state index contributed by atoms with van der Waals surface area (Å²) in [5, 5.41) is 8.00. The predicted molar refractivity (Wildman–Crippen MR) is 162 cm³/mol. The summed E-state index contributed by atoms with van der Waals surface area (Å²) in [7, 11) is 0. The van der Waals surface area contributed by atoms with Crippen molar-refractivity contribution in [1.82, 2.24) is 10.6 Å². The number of alkyl carbamates (subject to hydrolysis) is 1. The Balaban J connectivity index is 1.02. The Morgan fingerprint density at radius 2 is 1.71 bits per heavy atom. The molecule has 254 valence electrons. The molecule has 1 heterocycles. The summed E-state index contributed by atoms with van der Waals surface area (Å²) in [5.74, 6) is -3.45. The van der Waals surface area contributed by atoms with E-state index in [-0.39, 0.29) is 24.9 Å². The topological polar surface area (TPSA) is 88.7 Å². The van der Waals surface area contributed by atoms with Crippen LogP contribution in [-0.4, -0.2) is 55.1 Å². The second-order valence-corrected chi connectivity index (χ2v) is 13.4. The van der Waals surface area contributed by atoms with Crippen LogP contribution in [0.5, 0.6) is 0 Å². The summed E-state index contributed by atoms with van der Waals surface area (Å²) in [6.07, 6.45) is -4.03. The van der Waals surface area contributed by atoms with E-state index in [4.69, 9.17) is 9.47 Å². The van der Waals surface area contributed by atoms with Gasteiger partial charge in [0.2, 0.25) is 5.91 Å². The average Bonchev–Trinajstić information content (AvgIpc) is 3.99. The second kappa shape index (κ2) is 11.8. The molecule has 2 spiro atoms. The van der Waals surface area contributed by atoms with Gasteiger partial charge in [-0.05, 0) is 67.0 Å². The minimum atomic E-state index is -4.55. The van der Waals surface area contributed by atoms with Crippen LogP contribution in [0.4, 0.5) is 36.8 Å². The third kappa shape index (κ3) is 6.25. The van der Waals surface area contributed by atoms with Crippen molar-refractivity contribution >= 4 is 17.7 Å². The Bertz CT molecular complexity index is 1720. The highest BCUT2D eigenvalue weighted by atomic mass is 19.4. The largest absolute Gasteiger partial charge is 0.444 e. The summed E-state index contributed by atoms with van der Waals surface area (Å²) in [4.78, 5) is 25.8. The molecule has 0 aromatic heterocycles. The van der Waals surface area contributed by atoms with Crippen molar-refractivity contribution in [3.8, 4) is 0 Å². The lowest BCUT2D eigenvalue weighted by Crippen LogP contribution is -2.53. The van der Waals surface area contributed by atoms with E-state index in [9.17, 15) is 31.5 Å². The number of halogens is 6. The van der Waals surface area contributed by atoms with Crippen molar-refractivity contribution in [3.63, 3.8) is 0 Å². The van der Waals surface area contributed by atoms with E-state index in [0.717, 1.165) is 17.7 Å². The average molecular weight is 674 g/mol. The molecular weight excluding hydrogens is 640 g/mol. The summed E-state index contributed by atoms with van der Waals surface area (Å²) >= 11 is 0. The van der Waals surface area contributed by atoms with Crippen molar-refractivity contribution in [2.45, 2.75) is 61.4 Å². The zero-order chi connectivity index (χ0) is 33.9. The van der Waals surface area contributed by atoms with Gasteiger partial charge in [0.15, 0.2) is 11.6 Å². The molecule has 2 amide bonds. The highest BCUT2D eigenvalue weighted by Gasteiger charge is 2.66. The highest BCUT2D eigenvalue weighted by molar-refractivity contribution is 5.99. The summed E-state index contributed by atoms with van der Waals surface area (Å²) < 4.78 is 92.1. The molecule has 1 aliphatic heterocycles. The van der Waals surface area contributed by atoms with Crippen molar-refractivity contribution < 1.29 is 45.4 Å². The van der Waals surface area contributed by atoms with Crippen LogP contribution in [0.25, 0.3) is 0 Å². The number of nitrogens with one attached hydrogen (secondary N) is 3. The second-order valence-electron chi connectivity index (χ2n) is 13.4. The number of amides is 2. The van der Waals surface area contributed by atoms with Crippen LogP contribution in [-0.2, 0) is 20.7 Å². The molecule has 3 N–H and O–H groups in total. The molecule has 7 nitrogen and oxygen atoms in total. The van der Waals surface area contributed by atoms with E-state index in [1.807, 2.05) is 30.3 Å². The molecule has 4 fully saturated rings. The number of rotatable bonds is 9. The number of hydrogen-bond donors (Lipinski definition) is 3. The van der Waals surface area contributed by atoms with E-state index in [2.05, 4.69) is 10.6 Å². The monoisotopic (exact) mass is 673 g/mol. The molecular formula is C35H33F6N3O4.